The summed E-state index contributed by atoms with van der Waals surface area (Å²) in [6.07, 6.45) is 1.81. The number of methoxy groups -OCH3 is 1. The van der Waals surface area contributed by atoms with Gasteiger partial charge in [0.05, 0.1) is 19.1 Å². The van der Waals surface area contributed by atoms with Crippen LogP contribution in [0.25, 0.3) is 0 Å². The fourth-order valence-corrected chi connectivity index (χ4v) is 5.73. The lowest BCUT2D eigenvalue weighted by Crippen LogP contribution is -2.49. The van der Waals surface area contributed by atoms with E-state index in [0.717, 1.165) is 21.9 Å². The summed E-state index contributed by atoms with van der Waals surface area (Å²) in [6, 6.07) is 23.2. The SMILES string of the molecule is CNC(=O)[C@H](Cc1ccccc1)N(Cc1cccc(Br)c1)C(=O)CCCN(c1cccc(OC)c1)S(C)(=O)=O. The molecule has 2 amide bonds. The molecule has 3 rings (SSSR count). The number of hydrogen-bond donors (Lipinski definition) is 1. The van der Waals surface area contributed by atoms with E-state index in [-0.39, 0.29) is 37.7 Å². The van der Waals surface area contributed by atoms with Gasteiger partial charge in [0, 0.05) is 43.5 Å². The quantitative estimate of drug-likeness (QED) is 0.308. The normalized spacial score (nSPS) is 11.9. The van der Waals surface area contributed by atoms with Gasteiger partial charge >= 0.3 is 0 Å². The molecular formula is C29H34BrN3O5S. The summed E-state index contributed by atoms with van der Waals surface area (Å²) in [5.74, 6) is 0.0294. The van der Waals surface area contributed by atoms with Crippen LogP contribution in [0.15, 0.2) is 83.3 Å². The molecule has 1 atom stereocenters. The van der Waals surface area contributed by atoms with Gasteiger partial charge in [-0.25, -0.2) is 8.42 Å². The number of nitrogens with zero attached hydrogens (tertiary/aromatic N) is 2. The van der Waals surface area contributed by atoms with E-state index in [1.165, 1.54) is 11.4 Å². The van der Waals surface area contributed by atoms with E-state index < -0.39 is 16.1 Å². The number of sulfonamides is 1. The van der Waals surface area contributed by atoms with E-state index in [1.54, 1.807) is 36.2 Å². The first-order valence-electron chi connectivity index (χ1n) is 12.5. The summed E-state index contributed by atoms with van der Waals surface area (Å²) in [5.41, 5.74) is 2.26. The van der Waals surface area contributed by atoms with Gasteiger partial charge in [-0.2, -0.15) is 0 Å². The first kappa shape index (κ1) is 30.2. The molecule has 0 aliphatic carbocycles. The highest BCUT2D eigenvalue weighted by atomic mass is 79.9. The molecule has 39 heavy (non-hydrogen) atoms. The fourth-order valence-electron chi connectivity index (χ4n) is 4.32. The predicted octanol–water partition coefficient (Wildman–Crippen LogP) is 4.39. The number of anilines is 1. The first-order valence-corrected chi connectivity index (χ1v) is 15.2. The highest BCUT2D eigenvalue weighted by Gasteiger charge is 2.30. The topological polar surface area (TPSA) is 96.0 Å². The summed E-state index contributed by atoms with van der Waals surface area (Å²) >= 11 is 3.48. The van der Waals surface area contributed by atoms with Crippen molar-refractivity contribution in [2.75, 3.05) is 31.3 Å². The van der Waals surface area contributed by atoms with Crippen LogP contribution in [0.1, 0.15) is 24.0 Å². The van der Waals surface area contributed by atoms with Crippen molar-refractivity contribution >= 4 is 43.5 Å². The molecule has 0 heterocycles. The third kappa shape index (κ3) is 8.83. The number of carbonyl (C=O) groups excluding carboxylic acids is 2. The number of ether oxygens (including phenoxy) is 1. The lowest BCUT2D eigenvalue weighted by atomic mass is 10.0. The lowest BCUT2D eigenvalue weighted by molar-refractivity contribution is -0.141. The van der Waals surface area contributed by atoms with Crippen molar-refractivity contribution in [2.24, 2.45) is 0 Å². The van der Waals surface area contributed by atoms with Crippen molar-refractivity contribution in [1.82, 2.24) is 10.2 Å². The lowest BCUT2D eigenvalue weighted by Gasteiger charge is -2.31. The molecular weight excluding hydrogens is 582 g/mol. The molecule has 10 heteroatoms. The molecule has 0 saturated heterocycles. The Labute approximate surface area is 239 Å². The maximum absolute atomic E-state index is 13.7. The van der Waals surface area contributed by atoms with Crippen molar-refractivity contribution in [3.05, 3.63) is 94.5 Å². The van der Waals surface area contributed by atoms with E-state index in [9.17, 15) is 18.0 Å². The monoisotopic (exact) mass is 615 g/mol. The van der Waals surface area contributed by atoms with Crippen molar-refractivity contribution in [2.45, 2.75) is 31.8 Å². The number of nitrogens with one attached hydrogen (secondary N) is 1. The molecule has 0 aliphatic heterocycles. The summed E-state index contributed by atoms with van der Waals surface area (Å²) in [5, 5.41) is 2.70. The van der Waals surface area contributed by atoms with Gasteiger partial charge in [0.15, 0.2) is 0 Å². The smallest absolute Gasteiger partial charge is 0.242 e. The zero-order chi connectivity index (χ0) is 28.4. The maximum atomic E-state index is 13.7. The van der Waals surface area contributed by atoms with Gasteiger partial charge in [0.25, 0.3) is 0 Å². The van der Waals surface area contributed by atoms with Gasteiger partial charge in [-0.3, -0.25) is 13.9 Å². The molecule has 1 N–H and O–H groups in total. The molecule has 8 nitrogen and oxygen atoms in total. The van der Waals surface area contributed by atoms with Gasteiger partial charge in [-0.15, -0.1) is 0 Å². The van der Waals surface area contributed by atoms with E-state index in [4.69, 9.17) is 4.74 Å². The summed E-state index contributed by atoms with van der Waals surface area (Å²) < 4.78 is 32.5. The number of amides is 2. The average molecular weight is 617 g/mol. The van der Waals surface area contributed by atoms with Crippen LogP contribution < -0.4 is 14.4 Å². The number of carbonyl (C=O) groups is 2. The Morgan fingerprint density at radius 2 is 1.67 bits per heavy atom. The molecule has 3 aromatic carbocycles. The largest absolute Gasteiger partial charge is 0.497 e. The Bertz CT molecular complexity index is 1370. The van der Waals surface area contributed by atoms with Crippen LogP contribution in [0.4, 0.5) is 5.69 Å². The third-order valence-electron chi connectivity index (χ3n) is 6.25. The molecule has 0 fully saturated rings. The molecule has 0 spiro atoms. The standard InChI is InChI=1S/C29H34BrN3O5S/c1-31-29(35)27(19-22-10-5-4-6-11-22)32(21-23-12-7-13-24(30)18-23)28(34)16-9-17-33(39(3,36)37)25-14-8-15-26(20-25)38-2/h4-8,10-15,18,20,27H,9,16-17,19,21H2,1-3H3,(H,31,35)/t27-/m0/s1. The van der Waals surface area contributed by atoms with Crippen LogP contribution in [-0.2, 0) is 32.6 Å². The zero-order valence-electron chi connectivity index (χ0n) is 22.3. The van der Waals surface area contributed by atoms with E-state index >= 15 is 0 Å². The van der Waals surface area contributed by atoms with E-state index in [2.05, 4.69) is 21.2 Å². The van der Waals surface area contributed by atoms with Crippen LogP contribution in [0.5, 0.6) is 5.75 Å². The van der Waals surface area contributed by atoms with Crippen LogP contribution in [0.3, 0.4) is 0 Å². The summed E-state index contributed by atoms with van der Waals surface area (Å²) in [4.78, 5) is 28.4. The van der Waals surface area contributed by atoms with Gasteiger partial charge in [0.1, 0.15) is 11.8 Å². The molecule has 0 aromatic heterocycles. The number of hydrogen-bond acceptors (Lipinski definition) is 5. The van der Waals surface area contributed by atoms with Crippen LogP contribution >= 0.6 is 15.9 Å². The number of likely N-dealkylation sites (N-methyl/N-ethyl adjacent to an activating group) is 1. The van der Waals surface area contributed by atoms with Crippen molar-refractivity contribution in [3.8, 4) is 5.75 Å². The summed E-state index contributed by atoms with van der Waals surface area (Å²) in [6.45, 7) is 0.334. The Hall–Kier alpha value is -3.37. The Balaban J connectivity index is 1.85. The fraction of sp³-hybridized carbons (Fsp3) is 0.310. The minimum Gasteiger partial charge on any atom is -0.497 e. The van der Waals surface area contributed by atoms with Gasteiger partial charge < -0.3 is 15.0 Å². The third-order valence-corrected chi connectivity index (χ3v) is 7.94. The van der Waals surface area contributed by atoms with Crippen molar-refractivity contribution in [3.63, 3.8) is 0 Å². The first-order chi connectivity index (χ1) is 18.6. The minimum atomic E-state index is -3.61. The van der Waals surface area contributed by atoms with Crippen LogP contribution in [0.2, 0.25) is 0 Å². The number of halogens is 1. The summed E-state index contributed by atoms with van der Waals surface area (Å²) in [7, 11) is -0.535. The van der Waals surface area contributed by atoms with Crippen molar-refractivity contribution in [1.29, 1.82) is 0 Å². The van der Waals surface area contributed by atoms with E-state index in [1.807, 2.05) is 54.6 Å². The highest BCUT2D eigenvalue weighted by Crippen LogP contribution is 2.24. The molecule has 0 radical (unpaired) electrons. The Kier molecular flexibility index (Phi) is 10.9. The Morgan fingerprint density at radius 3 is 2.31 bits per heavy atom. The molecule has 3 aromatic rings. The molecule has 0 bridgehead atoms. The number of benzene rings is 3. The molecule has 0 saturated carbocycles. The van der Waals surface area contributed by atoms with Gasteiger partial charge in [-0.1, -0.05) is 64.5 Å². The predicted molar refractivity (Wildman–Crippen MR) is 157 cm³/mol. The second-order valence-electron chi connectivity index (χ2n) is 9.11. The second-order valence-corrected chi connectivity index (χ2v) is 11.9. The molecule has 0 unspecified atom stereocenters. The zero-order valence-corrected chi connectivity index (χ0v) is 24.7. The Morgan fingerprint density at radius 1 is 0.974 bits per heavy atom. The highest BCUT2D eigenvalue weighted by molar-refractivity contribution is 9.10. The van der Waals surface area contributed by atoms with Crippen LogP contribution in [-0.4, -0.2) is 58.1 Å². The molecule has 208 valence electrons. The van der Waals surface area contributed by atoms with Gasteiger partial charge in [-0.05, 0) is 41.8 Å². The number of rotatable bonds is 13. The van der Waals surface area contributed by atoms with Gasteiger partial charge in [0.2, 0.25) is 21.8 Å². The average Bonchev–Trinajstić information content (AvgIpc) is 2.92. The van der Waals surface area contributed by atoms with Crippen LogP contribution in [0, 0.1) is 0 Å². The minimum absolute atomic E-state index is 0.0618. The van der Waals surface area contributed by atoms with E-state index in [0.29, 0.717) is 17.9 Å². The second kappa shape index (κ2) is 14.1. The molecule has 0 aliphatic rings. The van der Waals surface area contributed by atoms with Crippen molar-refractivity contribution < 1.29 is 22.7 Å². The maximum Gasteiger partial charge on any atom is 0.242 e.